The zero-order valence-electron chi connectivity index (χ0n) is 13.6. The highest BCUT2D eigenvalue weighted by atomic mass is 15.3. The Balaban J connectivity index is 2.05. The molecule has 1 aliphatic carbocycles. The van der Waals surface area contributed by atoms with Crippen molar-refractivity contribution < 1.29 is 0 Å². The molecule has 1 atom stereocenters. The molecule has 1 aliphatic rings. The Morgan fingerprint density at radius 3 is 2.52 bits per heavy atom. The Hall–Kier alpha value is -1.36. The first-order valence-electron chi connectivity index (χ1n) is 8.28. The zero-order chi connectivity index (χ0) is 15.2. The van der Waals surface area contributed by atoms with E-state index < -0.39 is 0 Å². The maximum absolute atomic E-state index is 5.59. The number of anilines is 2. The fraction of sp³-hybridized carbons (Fsp3) is 0.750. The minimum atomic E-state index is 0.528. The summed E-state index contributed by atoms with van der Waals surface area (Å²) >= 11 is 0. The maximum Gasteiger partial charge on any atom is 0.148 e. The second-order valence-electron chi connectivity index (χ2n) is 6.12. The molecule has 4 N–H and O–H groups in total. The Bertz CT molecular complexity index is 456. The van der Waals surface area contributed by atoms with E-state index >= 15 is 0 Å². The molecule has 0 bridgehead atoms. The summed E-state index contributed by atoms with van der Waals surface area (Å²) < 4.78 is 0. The van der Waals surface area contributed by atoms with E-state index in [-0.39, 0.29) is 0 Å². The number of unbranched alkanes of at least 4 members (excludes halogenated alkanes) is 1. The van der Waals surface area contributed by atoms with Gasteiger partial charge in [0, 0.05) is 18.0 Å². The van der Waals surface area contributed by atoms with Crippen LogP contribution < -0.4 is 16.6 Å². The fourth-order valence-electron chi connectivity index (χ4n) is 2.56. The number of nitrogens with one attached hydrogen (secondary N) is 2. The van der Waals surface area contributed by atoms with Gasteiger partial charge in [-0.25, -0.2) is 15.8 Å². The van der Waals surface area contributed by atoms with Gasteiger partial charge in [0.15, 0.2) is 0 Å². The van der Waals surface area contributed by atoms with Crippen LogP contribution in [0.15, 0.2) is 0 Å². The molecule has 1 heterocycles. The number of nitrogens with zero attached hydrogens (tertiary/aromatic N) is 2. The summed E-state index contributed by atoms with van der Waals surface area (Å²) in [4.78, 5) is 9.23. The molecule has 0 saturated heterocycles. The Kier molecular flexibility index (Phi) is 5.79. The second kappa shape index (κ2) is 7.59. The molecule has 1 saturated carbocycles. The van der Waals surface area contributed by atoms with Gasteiger partial charge in [-0.05, 0) is 32.1 Å². The van der Waals surface area contributed by atoms with Crippen molar-refractivity contribution in [1.29, 1.82) is 0 Å². The Morgan fingerprint density at radius 2 is 1.95 bits per heavy atom. The lowest BCUT2D eigenvalue weighted by atomic mass is 9.99. The van der Waals surface area contributed by atoms with Crippen LogP contribution in [0.1, 0.15) is 69.7 Å². The van der Waals surface area contributed by atoms with E-state index in [0.29, 0.717) is 11.8 Å². The third kappa shape index (κ3) is 4.30. The van der Waals surface area contributed by atoms with E-state index in [1.165, 1.54) is 38.5 Å². The van der Waals surface area contributed by atoms with Gasteiger partial charge in [0.25, 0.3) is 0 Å². The summed E-state index contributed by atoms with van der Waals surface area (Å²) in [6, 6.07) is 0. The Morgan fingerprint density at radius 1 is 1.24 bits per heavy atom. The topological polar surface area (TPSA) is 75.9 Å². The largest absolute Gasteiger partial charge is 0.369 e. The smallest absolute Gasteiger partial charge is 0.148 e. The molecule has 0 spiro atoms. The van der Waals surface area contributed by atoms with Crippen LogP contribution in [0.2, 0.25) is 0 Å². The van der Waals surface area contributed by atoms with Crippen LogP contribution in [-0.2, 0) is 0 Å². The summed E-state index contributed by atoms with van der Waals surface area (Å²) in [6.07, 6.45) is 7.43. The second-order valence-corrected chi connectivity index (χ2v) is 6.12. The van der Waals surface area contributed by atoms with E-state index in [9.17, 15) is 0 Å². The molecule has 118 valence electrons. The molecular formula is C16H29N5. The van der Waals surface area contributed by atoms with Crippen molar-refractivity contribution in [2.75, 3.05) is 17.3 Å². The van der Waals surface area contributed by atoms with Crippen LogP contribution in [0, 0.1) is 12.8 Å². The molecule has 1 aromatic heterocycles. The quantitative estimate of drug-likeness (QED) is 0.479. The first-order valence-corrected chi connectivity index (χ1v) is 8.28. The fourth-order valence-corrected chi connectivity index (χ4v) is 2.56. The van der Waals surface area contributed by atoms with E-state index in [0.717, 1.165) is 29.6 Å². The molecule has 1 fully saturated rings. The summed E-state index contributed by atoms with van der Waals surface area (Å²) in [6.45, 7) is 7.50. The number of hydrogen-bond acceptors (Lipinski definition) is 5. The number of rotatable bonds is 9. The lowest BCUT2D eigenvalue weighted by Gasteiger charge is -2.18. The van der Waals surface area contributed by atoms with Gasteiger partial charge < -0.3 is 10.7 Å². The third-order valence-electron chi connectivity index (χ3n) is 4.34. The van der Waals surface area contributed by atoms with Crippen LogP contribution in [0.3, 0.4) is 0 Å². The molecule has 0 aromatic carbocycles. The van der Waals surface area contributed by atoms with Gasteiger partial charge >= 0.3 is 0 Å². The average Bonchev–Trinajstić information content (AvgIpc) is 3.33. The molecule has 0 aliphatic heterocycles. The van der Waals surface area contributed by atoms with E-state index in [4.69, 9.17) is 10.8 Å². The summed E-state index contributed by atoms with van der Waals surface area (Å²) in [5.74, 6) is 9.44. The predicted molar refractivity (Wildman–Crippen MR) is 88.3 cm³/mol. The number of hydrogen-bond donors (Lipinski definition) is 3. The van der Waals surface area contributed by atoms with Gasteiger partial charge in [-0.1, -0.05) is 33.1 Å². The molecule has 0 amide bonds. The van der Waals surface area contributed by atoms with Gasteiger partial charge in [0.05, 0.1) is 0 Å². The van der Waals surface area contributed by atoms with Crippen molar-refractivity contribution in [3.63, 3.8) is 0 Å². The van der Waals surface area contributed by atoms with Crippen LogP contribution >= 0.6 is 0 Å². The summed E-state index contributed by atoms with van der Waals surface area (Å²) in [5, 5.41) is 3.52. The lowest BCUT2D eigenvalue weighted by molar-refractivity contribution is 0.472. The lowest BCUT2D eigenvalue weighted by Crippen LogP contribution is -2.18. The van der Waals surface area contributed by atoms with Gasteiger partial charge in [-0.15, -0.1) is 0 Å². The minimum absolute atomic E-state index is 0.528. The highest BCUT2D eigenvalue weighted by molar-refractivity contribution is 5.57. The van der Waals surface area contributed by atoms with Crippen molar-refractivity contribution in [2.45, 2.75) is 65.2 Å². The molecule has 5 nitrogen and oxygen atoms in total. The monoisotopic (exact) mass is 291 g/mol. The highest BCUT2D eigenvalue weighted by Crippen LogP contribution is 2.39. The average molecular weight is 291 g/mol. The van der Waals surface area contributed by atoms with Gasteiger partial charge in [-0.3, -0.25) is 0 Å². The van der Waals surface area contributed by atoms with Gasteiger partial charge in [0.2, 0.25) is 0 Å². The number of hydrazine groups is 1. The summed E-state index contributed by atoms with van der Waals surface area (Å²) in [5.41, 5.74) is 3.71. The Labute approximate surface area is 128 Å². The van der Waals surface area contributed by atoms with E-state index in [1.807, 2.05) is 6.92 Å². The van der Waals surface area contributed by atoms with Crippen molar-refractivity contribution >= 4 is 11.6 Å². The number of aromatic nitrogens is 2. The minimum Gasteiger partial charge on any atom is -0.369 e. The van der Waals surface area contributed by atoms with E-state index in [1.54, 1.807) is 0 Å². The SMILES string of the molecule is CCCCC(CC)CNc1nc(C2CC2)nc(NN)c1C. The van der Waals surface area contributed by atoms with Crippen LogP contribution in [0.25, 0.3) is 0 Å². The molecule has 1 aromatic rings. The number of nitrogen functional groups attached to an aromatic ring is 1. The number of nitrogens with two attached hydrogens (primary N) is 1. The molecule has 1 unspecified atom stereocenters. The normalized spacial score (nSPS) is 15.8. The zero-order valence-corrected chi connectivity index (χ0v) is 13.6. The first-order chi connectivity index (χ1) is 10.2. The van der Waals surface area contributed by atoms with Crippen LogP contribution in [0.5, 0.6) is 0 Å². The molecular weight excluding hydrogens is 262 g/mol. The van der Waals surface area contributed by atoms with Gasteiger partial charge in [0.1, 0.15) is 17.5 Å². The predicted octanol–water partition coefficient (Wildman–Crippen LogP) is 3.58. The molecule has 21 heavy (non-hydrogen) atoms. The van der Waals surface area contributed by atoms with Crippen molar-refractivity contribution in [2.24, 2.45) is 11.8 Å². The first kappa shape index (κ1) is 16.0. The standard InChI is InChI=1S/C16H29N5/c1-4-6-7-12(5-2)10-18-14-11(3)15(21-17)20-16(19-14)13-8-9-13/h12-13H,4-10,17H2,1-3H3,(H2,18,19,20,21). The third-order valence-corrected chi connectivity index (χ3v) is 4.34. The van der Waals surface area contributed by atoms with Crippen molar-refractivity contribution in [3.8, 4) is 0 Å². The van der Waals surface area contributed by atoms with Crippen LogP contribution in [0.4, 0.5) is 11.6 Å². The molecule has 0 radical (unpaired) electrons. The molecule has 5 heteroatoms. The van der Waals surface area contributed by atoms with Crippen LogP contribution in [-0.4, -0.2) is 16.5 Å². The van der Waals surface area contributed by atoms with Gasteiger partial charge in [-0.2, -0.15) is 0 Å². The summed E-state index contributed by atoms with van der Waals surface area (Å²) in [7, 11) is 0. The van der Waals surface area contributed by atoms with Crippen molar-refractivity contribution in [3.05, 3.63) is 11.4 Å². The van der Waals surface area contributed by atoms with E-state index in [2.05, 4.69) is 29.6 Å². The van der Waals surface area contributed by atoms with Crippen molar-refractivity contribution in [1.82, 2.24) is 9.97 Å². The highest BCUT2D eigenvalue weighted by Gasteiger charge is 2.28. The molecule has 2 rings (SSSR count). The maximum atomic E-state index is 5.59.